The average Bonchev–Trinajstić information content (AvgIpc) is 2.89. The first kappa shape index (κ1) is 29.0. The molecule has 2 aromatic rings. The minimum Gasteiger partial charge on any atom is -0.382 e. The van der Waals surface area contributed by atoms with Gasteiger partial charge in [-0.25, -0.2) is 0 Å². The minimum atomic E-state index is -4.73. The third kappa shape index (κ3) is 7.34. The zero-order valence-corrected chi connectivity index (χ0v) is 22.8. The van der Waals surface area contributed by atoms with E-state index in [1.54, 1.807) is 6.07 Å². The van der Waals surface area contributed by atoms with E-state index in [4.69, 9.17) is 50.6 Å². The molecule has 3 N–H and O–H groups in total. The van der Waals surface area contributed by atoms with E-state index in [9.17, 15) is 13.2 Å². The van der Waals surface area contributed by atoms with E-state index in [0.29, 0.717) is 16.7 Å². The van der Waals surface area contributed by atoms with Gasteiger partial charge in [-0.3, -0.25) is 10.4 Å². The van der Waals surface area contributed by atoms with E-state index >= 15 is 0 Å². The number of thiocarbonyl (C=S) groups is 1. The highest BCUT2D eigenvalue weighted by Gasteiger charge is 2.35. The van der Waals surface area contributed by atoms with Crippen LogP contribution < -0.4 is 15.4 Å². The summed E-state index contributed by atoms with van der Waals surface area (Å²) in [4.78, 5) is 5.16. The van der Waals surface area contributed by atoms with Crippen molar-refractivity contribution in [1.82, 2.24) is 4.90 Å². The van der Waals surface area contributed by atoms with Gasteiger partial charge in [0.05, 0.1) is 28.3 Å². The largest absolute Gasteiger partial charge is 0.418 e. The molecule has 2 aliphatic rings. The maximum Gasteiger partial charge on any atom is 0.418 e. The fraction of sp³-hybridized carbons (Fsp3) is 0.480. The Morgan fingerprint density at radius 3 is 2.29 bits per heavy atom. The molecule has 1 heterocycles. The first-order chi connectivity index (χ1) is 18.0. The van der Waals surface area contributed by atoms with Crippen LogP contribution in [0.1, 0.15) is 31.2 Å². The van der Waals surface area contributed by atoms with Gasteiger partial charge in [0, 0.05) is 43.6 Å². The Morgan fingerprint density at radius 2 is 1.68 bits per heavy atom. The lowest BCUT2D eigenvalue weighted by Crippen LogP contribution is -2.49. The molecule has 1 aliphatic carbocycles. The summed E-state index contributed by atoms with van der Waals surface area (Å²) in [6.07, 6.45) is -1.71. The Balaban J connectivity index is 1.20. The molecule has 2 aromatic carbocycles. The number of rotatable bonds is 7. The zero-order chi connectivity index (χ0) is 27.4. The maximum absolute atomic E-state index is 13.3. The molecule has 208 valence electrons. The molecule has 0 radical (unpaired) electrons. The van der Waals surface area contributed by atoms with Gasteiger partial charge in [-0.1, -0.05) is 35.4 Å². The van der Waals surface area contributed by atoms with Crippen LogP contribution in [0.2, 0.25) is 10.0 Å². The number of ether oxygens (including phenoxy) is 1. The van der Waals surface area contributed by atoms with Crippen molar-refractivity contribution in [2.24, 2.45) is 0 Å². The Bertz CT molecular complexity index is 1130. The van der Waals surface area contributed by atoms with E-state index in [0.717, 1.165) is 74.7 Å². The first-order valence-electron chi connectivity index (χ1n) is 12.3. The monoisotopic (exact) mass is 592 g/mol. The molecule has 2 fully saturated rings. The molecule has 13 heteroatoms. The maximum atomic E-state index is 13.3. The molecule has 1 aliphatic heterocycles. The van der Waals surface area contributed by atoms with Gasteiger partial charge in [-0.05, 0) is 62.1 Å². The van der Waals surface area contributed by atoms with Crippen LogP contribution in [0, 0.1) is 0 Å². The fourth-order valence-electron chi connectivity index (χ4n) is 4.81. The predicted octanol–water partition coefficient (Wildman–Crippen LogP) is 6.49. The van der Waals surface area contributed by atoms with Crippen molar-refractivity contribution in [1.29, 1.82) is 0 Å². The quantitative estimate of drug-likeness (QED) is 0.249. The number of hydrogen-bond donors (Lipinski definition) is 3. The molecule has 0 atom stereocenters. The summed E-state index contributed by atoms with van der Waals surface area (Å²) in [5.74, 6) is 0. The standard InChI is InChI=1S/C25H29Cl2F3N4O3S/c26-21-7-4-18(14-22(21)27)32-9-11-33(12-10-32)24(38)15-37-19-5-1-16(2-6-19)31-17-3-8-23(34(35)36)20(13-17)25(28,29)30/h3-4,7-8,13-14,16,19,31,35-36H,1-2,5-6,9-12,15H2. The van der Waals surface area contributed by atoms with Crippen LogP contribution in [0.4, 0.5) is 30.2 Å². The van der Waals surface area contributed by atoms with Crippen LogP contribution in [0.3, 0.4) is 0 Å². The van der Waals surface area contributed by atoms with Crippen molar-refractivity contribution in [2.45, 2.75) is 44.0 Å². The van der Waals surface area contributed by atoms with Crippen LogP contribution in [0.25, 0.3) is 0 Å². The third-order valence-corrected chi connectivity index (χ3v) is 8.02. The van der Waals surface area contributed by atoms with Gasteiger partial charge in [0.25, 0.3) is 0 Å². The lowest BCUT2D eigenvalue weighted by atomic mass is 9.92. The molecule has 0 aromatic heterocycles. The van der Waals surface area contributed by atoms with Crippen LogP contribution in [0.15, 0.2) is 36.4 Å². The molecule has 1 saturated heterocycles. The van der Waals surface area contributed by atoms with Crippen molar-refractivity contribution < 1.29 is 28.3 Å². The van der Waals surface area contributed by atoms with Crippen molar-refractivity contribution in [3.63, 3.8) is 0 Å². The molecular formula is C25H29Cl2F3N4O3S. The van der Waals surface area contributed by atoms with Crippen LogP contribution in [-0.4, -0.2) is 65.2 Å². The Kier molecular flexibility index (Phi) is 9.49. The van der Waals surface area contributed by atoms with Crippen molar-refractivity contribution in [2.75, 3.05) is 48.2 Å². The Labute approximate surface area is 234 Å². The number of nitrogens with one attached hydrogen (secondary N) is 1. The third-order valence-electron chi connectivity index (χ3n) is 6.91. The highest BCUT2D eigenvalue weighted by molar-refractivity contribution is 7.80. The van der Waals surface area contributed by atoms with Crippen LogP contribution in [0.5, 0.6) is 0 Å². The molecule has 0 spiro atoms. The molecular weight excluding hydrogens is 564 g/mol. The summed E-state index contributed by atoms with van der Waals surface area (Å²) in [7, 11) is 0. The molecule has 0 unspecified atom stereocenters. The first-order valence-corrected chi connectivity index (χ1v) is 13.4. The van der Waals surface area contributed by atoms with Crippen molar-refractivity contribution >= 4 is 57.5 Å². The number of piperazine rings is 1. The highest BCUT2D eigenvalue weighted by atomic mass is 35.5. The Morgan fingerprint density at radius 1 is 1.00 bits per heavy atom. The molecule has 0 amide bonds. The Hall–Kier alpha value is -2.02. The van der Waals surface area contributed by atoms with E-state index in [1.807, 2.05) is 12.1 Å². The second kappa shape index (κ2) is 12.4. The van der Waals surface area contributed by atoms with Gasteiger partial charge >= 0.3 is 6.18 Å². The SMILES string of the molecule is ON(O)c1ccc(NC2CCC(OCC(=S)N3CCN(c4ccc(Cl)c(Cl)c4)CC3)CC2)cc1C(F)(F)F. The number of nitrogens with zero attached hydrogens (tertiary/aromatic N) is 3. The van der Waals surface area contributed by atoms with Crippen LogP contribution in [-0.2, 0) is 10.9 Å². The molecule has 1 saturated carbocycles. The zero-order valence-electron chi connectivity index (χ0n) is 20.4. The second-order valence-electron chi connectivity index (χ2n) is 9.41. The smallest absolute Gasteiger partial charge is 0.382 e. The van der Waals surface area contributed by atoms with Gasteiger partial charge in [0.15, 0.2) is 0 Å². The molecule has 7 nitrogen and oxygen atoms in total. The minimum absolute atomic E-state index is 0.0115. The molecule has 0 bridgehead atoms. The number of anilines is 3. The van der Waals surface area contributed by atoms with Gasteiger partial charge in [-0.15, -0.1) is 5.23 Å². The number of benzene rings is 2. The summed E-state index contributed by atoms with van der Waals surface area (Å²) in [6, 6.07) is 8.91. The van der Waals surface area contributed by atoms with Gasteiger partial charge < -0.3 is 19.9 Å². The van der Waals surface area contributed by atoms with Crippen molar-refractivity contribution in [3.8, 4) is 0 Å². The number of halogens is 5. The van der Waals surface area contributed by atoms with Crippen molar-refractivity contribution in [3.05, 3.63) is 52.0 Å². The summed E-state index contributed by atoms with van der Waals surface area (Å²) in [5.41, 5.74) is -0.558. The summed E-state index contributed by atoms with van der Waals surface area (Å²) >= 11 is 17.8. The van der Waals surface area contributed by atoms with E-state index in [2.05, 4.69) is 15.1 Å². The van der Waals surface area contributed by atoms with Gasteiger partial charge in [-0.2, -0.15) is 13.2 Å². The summed E-state index contributed by atoms with van der Waals surface area (Å²) < 4.78 is 46.0. The topological polar surface area (TPSA) is 71.4 Å². The van der Waals surface area contributed by atoms with Gasteiger partial charge in [0.1, 0.15) is 10.7 Å². The second-order valence-corrected chi connectivity index (χ2v) is 10.7. The van der Waals surface area contributed by atoms with Gasteiger partial charge in [0.2, 0.25) is 0 Å². The molecule has 4 rings (SSSR count). The normalized spacial score (nSPS) is 20.4. The van der Waals surface area contributed by atoms with E-state index in [1.165, 1.54) is 6.07 Å². The average molecular weight is 593 g/mol. The fourth-order valence-corrected chi connectivity index (χ4v) is 5.36. The lowest BCUT2D eigenvalue weighted by molar-refractivity contribution is -0.138. The summed E-state index contributed by atoms with van der Waals surface area (Å²) in [6.45, 7) is 3.53. The van der Waals surface area contributed by atoms with E-state index < -0.39 is 22.7 Å². The lowest BCUT2D eigenvalue weighted by Gasteiger charge is -2.38. The van der Waals surface area contributed by atoms with E-state index in [-0.39, 0.29) is 17.8 Å². The number of hydrogen-bond acceptors (Lipinski definition) is 7. The number of alkyl halides is 3. The summed E-state index contributed by atoms with van der Waals surface area (Å²) in [5, 5.41) is 21.9. The highest BCUT2D eigenvalue weighted by Crippen LogP contribution is 2.38. The van der Waals surface area contributed by atoms with Crippen LogP contribution >= 0.6 is 35.4 Å². The molecule has 38 heavy (non-hydrogen) atoms. The predicted molar refractivity (Wildman–Crippen MR) is 146 cm³/mol.